The highest BCUT2D eigenvalue weighted by molar-refractivity contribution is 7.99. The average molecular weight is 435 g/mol. The predicted molar refractivity (Wildman–Crippen MR) is 124 cm³/mol. The number of aromatic carboxylic acids is 1. The molecular weight excluding hydrogens is 412 g/mol. The van der Waals surface area contributed by atoms with Gasteiger partial charge in [0.25, 0.3) is 5.91 Å². The zero-order chi connectivity index (χ0) is 21.6. The van der Waals surface area contributed by atoms with Crippen LogP contribution in [0.25, 0.3) is 0 Å². The number of carbonyl (C=O) groups excluding carboxylic acids is 1. The summed E-state index contributed by atoms with van der Waals surface area (Å²) in [4.78, 5) is 26.6. The molecule has 1 fully saturated rings. The maximum Gasteiger partial charge on any atom is 0.337 e. The zero-order valence-electron chi connectivity index (χ0n) is 16.8. The van der Waals surface area contributed by atoms with Gasteiger partial charge in [-0.1, -0.05) is 30.3 Å². The number of ether oxygens (including phenoxy) is 1. The van der Waals surface area contributed by atoms with Crippen LogP contribution in [0, 0.1) is 0 Å². The number of nitrogens with one attached hydrogen (secondary N) is 1. The first-order chi connectivity index (χ1) is 15.1. The molecule has 3 aromatic rings. The molecule has 0 radical (unpaired) electrons. The maximum atomic E-state index is 12.9. The van der Waals surface area contributed by atoms with Crippen LogP contribution >= 0.6 is 11.8 Å². The molecule has 0 saturated carbocycles. The molecule has 2 N–H and O–H groups in total. The Morgan fingerprint density at radius 1 is 0.935 bits per heavy atom. The van der Waals surface area contributed by atoms with Gasteiger partial charge in [-0.25, -0.2) is 4.79 Å². The number of benzene rings is 3. The van der Waals surface area contributed by atoms with E-state index < -0.39 is 11.9 Å². The first kappa shape index (κ1) is 20.8. The Labute approximate surface area is 184 Å². The number of carbonyl (C=O) groups is 2. The molecule has 1 saturated heterocycles. The summed E-state index contributed by atoms with van der Waals surface area (Å²) in [6.45, 7) is 1.82. The van der Waals surface area contributed by atoms with Crippen LogP contribution in [0.15, 0.2) is 72.8 Å². The molecule has 0 spiro atoms. The number of para-hydroxylation sites is 2. The van der Waals surface area contributed by atoms with E-state index in [1.165, 1.54) is 6.07 Å². The van der Waals surface area contributed by atoms with Crippen molar-refractivity contribution in [1.82, 2.24) is 0 Å². The Bertz CT molecular complexity index is 1080. The third-order valence-electron chi connectivity index (χ3n) is 4.95. The standard InChI is InChI=1S/C24H22N2O4S/c27-23(25-20-9-5-4-8-19(20)24(28)29)17-10-11-21(26-12-14-31-15-13-26)22(16-17)30-18-6-2-1-3-7-18/h1-11,16H,12-15H2,(H,25,27)(H,28,29). The second-order valence-electron chi connectivity index (χ2n) is 7.00. The fourth-order valence-corrected chi connectivity index (χ4v) is 4.29. The number of carboxylic acid groups (broad SMARTS) is 1. The van der Waals surface area contributed by atoms with Crippen LogP contribution < -0.4 is 15.0 Å². The van der Waals surface area contributed by atoms with Gasteiger partial charge >= 0.3 is 5.97 Å². The molecule has 31 heavy (non-hydrogen) atoms. The third kappa shape index (κ3) is 5.00. The van der Waals surface area contributed by atoms with E-state index in [1.807, 2.05) is 48.2 Å². The normalized spacial score (nSPS) is 13.5. The van der Waals surface area contributed by atoms with Gasteiger partial charge in [-0.15, -0.1) is 0 Å². The average Bonchev–Trinajstić information content (AvgIpc) is 2.80. The van der Waals surface area contributed by atoms with Crippen molar-refractivity contribution in [1.29, 1.82) is 0 Å². The Kier molecular flexibility index (Phi) is 6.43. The Balaban J connectivity index is 1.64. The fraction of sp³-hybridized carbons (Fsp3) is 0.167. The van der Waals surface area contributed by atoms with Gasteiger partial charge < -0.3 is 20.1 Å². The molecule has 0 unspecified atom stereocenters. The summed E-state index contributed by atoms with van der Waals surface area (Å²) in [6, 6.07) is 21.1. The van der Waals surface area contributed by atoms with E-state index in [4.69, 9.17) is 4.74 Å². The zero-order valence-corrected chi connectivity index (χ0v) is 17.6. The number of hydrogen-bond acceptors (Lipinski definition) is 5. The molecule has 158 valence electrons. The summed E-state index contributed by atoms with van der Waals surface area (Å²) in [5.41, 5.74) is 1.62. The molecule has 1 aliphatic rings. The first-order valence-electron chi connectivity index (χ1n) is 9.95. The lowest BCUT2D eigenvalue weighted by molar-refractivity contribution is 0.0698. The van der Waals surface area contributed by atoms with Gasteiger partial charge in [-0.3, -0.25) is 4.79 Å². The van der Waals surface area contributed by atoms with Gasteiger partial charge in [0.15, 0.2) is 5.75 Å². The van der Waals surface area contributed by atoms with Crippen LogP contribution in [-0.4, -0.2) is 41.6 Å². The summed E-state index contributed by atoms with van der Waals surface area (Å²) in [5, 5.41) is 12.1. The van der Waals surface area contributed by atoms with Crippen LogP contribution in [0.5, 0.6) is 11.5 Å². The van der Waals surface area contributed by atoms with Crippen molar-refractivity contribution >= 4 is 35.0 Å². The molecule has 4 rings (SSSR count). The molecule has 1 aliphatic heterocycles. The van der Waals surface area contributed by atoms with E-state index in [1.54, 1.807) is 30.3 Å². The lowest BCUT2D eigenvalue weighted by atomic mass is 10.1. The van der Waals surface area contributed by atoms with E-state index >= 15 is 0 Å². The minimum atomic E-state index is -1.10. The van der Waals surface area contributed by atoms with Gasteiger partial charge in [-0.2, -0.15) is 11.8 Å². The lowest BCUT2D eigenvalue weighted by Crippen LogP contribution is -2.32. The molecule has 3 aromatic carbocycles. The largest absolute Gasteiger partial charge is 0.478 e. The van der Waals surface area contributed by atoms with E-state index in [2.05, 4.69) is 10.2 Å². The second kappa shape index (κ2) is 9.57. The Hall–Kier alpha value is -3.45. The molecular formula is C24H22N2O4S. The number of hydrogen-bond donors (Lipinski definition) is 2. The number of rotatable bonds is 6. The van der Waals surface area contributed by atoms with E-state index in [-0.39, 0.29) is 11.3 Å². The van der Waals surface area contributed by atoms with Crippen molar-refractivity contribution in [2.75, 3.05) is 34.8 Å². The van der Waals surface area contributed by atoms with Crippen LogP contribution in [0.4, 0.5) is 11.4 Å². The van der Waals surface area contributed by atoms with Crippen LogP contribution in [0.3, 0.4) is 0 Å². The number of anilines is 2. The van der Waals surface area contributed by atoms with E-state index in [0.29, 0.717) is 17.1 Å². The van der Waals surface area contributed by atoms with Crippen LogP contribution in [0.1, 0.15) is 20.7 Å². The van der Waals surface area contributed by atoms with Gasteiger partial charge in [0.1, 0.15) is 5.75 Å². The number of nitrogens with zero attached hydrogens (tertiary/aromatic N) is 1. The van der Waals surface area contributed by atoms with Gasteiger partial charge in [-0.05, 0) is 42.5 Å². The maximum absolute atomic E-state index is 12.9. The molecule has 0 aromatic heterocycles. The van der Waals surface area contributed by atoms with Crippen LogP contribution in [0.2, 0.25) is 0 Å². The molecule has 1 amide bonds. The lowest BCUT2D eigenvalue weighted by Gasteiger charge is -2.30. The predicted octanol–water partition coefficient (Wildman–Crippen LogP) is 4.98. The highest BCUT2D eigenvalue weighted by Gasteiger charge is 2.19. The minimum Gasteiger partial charge on any atom is -0.478 e. The quantitative estimate of drug-likeness (QED) is 0.570. The molecule has 7 heteroatoms. The highest BCUT2D eigenvalue weighted by Crippen LogP contribution is 2.35. The summed E-state index contributed by atoms with van der Waals surface area (Å²) in [7, 11) is 0. The van der Waals surface area contributed by atoms with Crippen molar-refractivity contribution in [3.63, 3.8) is 0 Å². The summed E-state index contributed by atoms with van der Waals surface area (Å²) in [5.74, 6) is 1.87. The van der Waals surface area contributed by atoms with Crippen LogP contribution in [-0.2, 0) is 0 Å². The number of carboxylic acids is 1. The SMILES string of the molecule is O=C(Nc1ccccc1C(=O)O)c1ccc(N2CCSCC2)c(Oc2ccccc2)c1. The summed E-state index contributed by atoms with van der Waals surface area (Å²) < 4.78 is 6.14. The Morgan fingerprint density at radius 2 is 1.65 bits per heavy atom. The monoisotopic (exact) mass is 434 g/mol. The fourth-order valence-electron chi connectivity index (χ4n) is 3.39. The molecule has 6 nitrogen and oxygen atoms in total. The van der Waals surface area contributed by atoms with Gasteiger partial charge in [0, 0.05) is 30.2 Å². The molecule has 0 aliphatic carbocycles. The second-order valence-corrected chi connectivity index (χ2v) is 8.23. The van der Waals surface area contributed by atoms with Crippen molar-refractivity contribution in [2.45, 2.75) is 0 Å². The number of amides is 1. The Morgan fingerprint density at radius 3 is 2.39 bits per heavy atom. The minimum absolute atomic E-state index is 0.0408. The smallest absolute Gasteiger partial charge is 0.337 e. The molecule has 0 bridgehead atoms. The van der Waals surface area contributed by atoms with Gasteiger partial charge in [0.2, 0.25) is 0 Å². The van der Waals surface area contributed by atoms with E-state index in [9.17, 15) is 14.7 Å². The van der Waals surface area contributed by atoms with Crippen molar-refractivity contribution in [3.8, 4) is 11.5 Å². The summed E-state index contributed by atoms with van der Waals surface area (Å²) in [6.07, 6.45) is 0. The van der Waals surface area contributed by atoms with Crippen molar-refractivity contribution < 1.29 is 19.4 Å². The van der Waals surface area contributed by atoms with Gasteiger partial charge in [0.05, 0.1) is 16.9 Å². The topological polar surface area (TPSA) is 78.9 Å². The highest BCUT2D eigenvalue weighted by atomic mass is 32.2. The molecule has 1 heterocycles. The third-order valence-corrected chi connectivity index (χ3v) is 5.89. The summed E-state index contributed by atoms with van der Waals surface area (Å²) >= 11 is 1.92. The van der Waals surface area contributed by atoms with Crippen molar-refractivity contribution in [3.05, 3.63) is 83.9 Å². The molecule has 0 atom stereocenters. The first-order valence-corrected chi connectivity index (χ1v) is 11.1. The van der Waals surface area contributed by atoms with E-state index in [0.717, 1.165) is 30.3 Å². The number of thioether (sulfide) groups is 1. The van der Waals surface area contributed by atoms with Crippen molar-refractivity contribution in [2.24, 2.45) is 0 Å².